The van der Waals surface area contributed by atoms with Gasteiger partial charge in [-0.1, -0.05) is 0 Å². The minimum absolute atomic E-state index is 0.261. The highest BCUT2D eigenvalue weighted by Crippen LogP contribution is 2.55. The number of benzene rings is 1. The lowest BCUT2D eigenvalue weighted by Crippen LogP contribution is -2.05. The molecule has 0 aliphatic heterocycles. The van der Waals surface area contributed by atoms with Crippen molar-refractivity contribution in [1.29, 1.82) is 36.8 Å². The van der Waals surface area contributed by atoms with Gasteiger partial charge < -0.3 is 0 Å². The molecule has 0 bridgehead atoms. The van der Waals surface area contributed by atoms with Crippen molar-refractivity contribution in [2.45, 2.75) is 0 Å². The summed E-state index contributed by atoms with van der Waals surface area (Å²) in [4.78, 5) is 19.1. The molecular weight excluding hydrogens is 582 g/mol. The zero-order chi connectivity index (χ0) is 31.9. The van der Waals surface area contributed by atoms with Crippen LogP contribution in [0.25, 0.3) is 33.4 Å². The Hall–Kier alpha value is -7.65. The Morgan fingerprint density at radius 2 is 0.932 bits per heavy atom. The SMILES string of the molecule is N#CC(C#N)=C1C(c2nc(F)nc(F)n2)=C(C#N)c2c1cc1c(c2C#N)C(=C(C#N)C#N)C(c2nc(F)nc(F)n2)=C1C#N. The summed E-state index contributed by atoms with van der Waals surface area (Å²) in [6, 6.07) is 12.7. The van der Waals surface area contributed by atoms with Gasteiger partial charge in [0.2, 0.25) is 0 Å². The molecule has 2 aromatic heterocycles. The molecule has 17 heteroatoms. The molecule has 0 fully saturated rings. The lowest BCUT2D eigenvalue weighted by atomic mass is 9.86. The standard InChI is InChI=1S/C27HF4N13/c28-24-39-22(40-25(29)43-24)20-13(6-36)11-1-12-16(9(2-32)3-33)21(23-41-26(30)44-27(31)42-23)15(8-38)18(12)14(7-37)19(11)17(20)10(4-34)5-35/h1H. The van der Waals surface area contributed by atoms with Crippen LogP contribution in [0, 0.1) is 104 Å². The Balaban J connectivity index is 2.04. The van der Waals surface area contributed by atoms with Crippen LogP contribution < -0.4 is 0 Å². The van der Waals surface area contributed by atoms with Crippen molar-refractivity contribution < 1.29 is 17.6 Å². The molecule has 202 valence electrons. The second-order valence-electron chi connectivity index (χ2n) is 8.27. The molecule has 0 spiro atoms. The van der Waals surface area contributed by atoms with E-state index in [1.165, 1.54) is 0 Å². The van der Waals surface area contributed by atoms with E-state index >= 15 is 0 Å². The number of nitriles is 7. The van der Waals surface area contributed by atoms with Gasteiger partial charge >= 0.3 is 24.3 Å². The summed E-state index contributed by atoms with van der Waals surface area (Å²) in [6.45, 7) is 0. The van der Waals surface area contributed by atoms with Crippen molar-refractivity contribution in [2.75, 3.05) is 0 Å². The molecule has 0 amide bonds. The van der Waals surface area contributed by atoms with E-state index in [9.17, 15) is 54.4 Å². The second kappa shape index (κ2) is 10.4. The number of aromatic nitrogens is 6. The fraction of sp³-hybridized carbons (Fsp3) is 0. The first-order valence-electron chi connectivity index (χ1n) is 11.3. The number of halogens is 4. The predicted molar refractivity (Wildman–Crippen MR) is 132 cm³/mol. The topological polar surface area (TPSA) is 244 Å². The van der Waals surface area contributed by atoms with Gasteiger partial charge in [-0.2, -0.15) is 84.3 Å². The first kappa shape index (κ1) is 27.9. The van der Waals surface area contributed by atoms with E-state index in [-0.39, 0.29) is 22.3 Å². The summed E-state index contributed by atoms with van der Waals surface area (Å²) < 4.78 is 56.2. The maximum Gasteiger partial charge on any atom is 0.314 e. The maximum absolute atomic E-state index is 14.1. The number of fused-ring (bicyclic) bond motifs is 2. The molecule has 3 aromatic rings. The fourth-order valence-corrected chi connectivity index (χ4v) is 4.81. The van der Waals surface area contributed by atoms with Crippen molar-refractivity contribution in [1.82, 2.24) is 29.9 Å². The number of hydrogen-bond acceptors (Lipinski definition) is 13. The van der Waals surface area contributed by atoms with Crippen LogP contribution in [0.15, 0.2) is 17.2 Å². The van der Waals surface area contributed by atoms with Crippen LogP contribution in [0.5, 0.6) is 0 Å². The summed E-state index contributed by atoms with van der Waals surface area (Å²) in [6.07, 6.45) is -6.50. The van der Waals surface area contributed by atoms with Crippen LogP contribution in [0.2, 0.25) is 0 Å². The minimum Gasteiger partial charge on any atom is -0.192 e. The third-order valence-electron chi connectivity index (χ3n) is 6.26. The molecule has 0 atom stereocenters. The summed E-state index contributed by atoms with van der Waals surface area (Å²) in [5, 5.41) is 69.8. The first-order valence-corrected chi connectivity index (χ1v) is 11.3. The van der Waals surface area contributed by atoms with Crippen LogP contribution in [0.1, 0.15) is 39.5 Å². The molecule has 0 radical (unpaired) electrons. The molecule has 2 aliphatic rings. The third-order valence-corrected chi connectivity index (χ3v) is 6.26. The molecule has 0 saturated heterocycles. The molecule has 0 saturated carbocycles. The number of nitrogens with zero attached hydrogens (tertiary/aromatic N) is 13. The maximum atomic E-state index is 14.1. The Kier molecular flexibility index (Phi) is 6.59. The highest BCUT2D eigenvalue weighted by molar-refractivity contribution is 6.30. The molecule has 44 heavy (non-hydrogen) atoms. The van der Waals surface area contributed by atoms with Gasteiger partial charge in [0, 0.05) is 39.0 Å². The van der Waals surface area contributed by atoms with E-state index in [1.54, 1.807) is 42.5 Å². The molecule has 0 N–H and O–H groups in total. The van der Waals surface area contributed by atoms with Crippen molar-refractivity contribution in [3.8, 4) is 42.5 Å². The number of allylic oxidation sites excluding steroid dienone is 8. The summed E-state index contributed by atoms with van der Waals surface area (Å²) in [7, 11) is 0. The van der Waals surface area contributed by atoms with E-state index < -0.39 is 86.1 Å². The molecule has 2 heterocycles. The lowest BCUT2D eigenvalue weighted by Gasteiger charge is -2.13. The quantitative estimate of drug-likeness (QED) is 0.311. The molecule has 5 rings (SSSR count). The monoisotopic (exact) mass is 583 g/mol. The Bertz CT molecular complexity index is 2280. The van der Waals surface area contributed by atoms with Crippen molar-refractivity contribution in [3.63, 3.8) is 0 Å². The fourth-order valence-electron chi connectivity index (χ4n) is 4.81. The average molecular weight is 583 g/mol. The molecular formula is C27HF4N13. The molecule has 13 nitrogen and oxygen atoms in total. The van der Waals surface area contributed by atoms with Crippen molar-refractivity contribution in [3.05, 3.63) is 81.0 Å². The lowest BCUT2D eigenvalue weighted by molar-refractivity contribution is 0.451. The predicted octanol–water partition coefficient (Wildman–Crippen LogP) is 2.98. The number of rotatable bonds is 2. The molecule has 1 aromatic carbocycles. The Morgan fingerprint density at radius 3 is 1.34 bits per heavy atom. The van der Waals surface area contributed by atoms with Gasteiger partial charge in [0.1, 0.15) is 53.6 Å². The Labute approximate surface area is 241 Å². The molecule has 2 aliphatic carbocycles. The average Bonchev–Trinajstić information content (AvgIpc) is 3.49. The Morgan fingerprint density at radius 1 is 0.500 bits per heavy atom. The van der Waals surface area contributed by atoms with Crippen molar-refractivity contribution in [2.24, 2.45) is 0 Å². The molecule has 0 unspecified atom stereocenters. The minimum atomic E-state index is -1.62. The van der Waals surface area contributed by atoms with Crippen LogP contribution in [-0.2, 0) is 0 Å². The summed E-state index contributed by atoms with van der Waals surface area (Å²) in [5.74, 6) is -1.66. The van der Waals surface area contributed by atoms with Crippen LogP contribution in [-0.4, -0.2) is 29.9 Å². The normalized spacial score (nSPS) is 12.6. The number of hydrogen-bond donors (Lipinski definition) is 0. The van der Waals surface area contributed by atoms with Gasteiger partial charge in [0.25, 0.3) is 0 Å². The van der Waals surface area contributed by atoms with E-state index in [0.717, 1.165) is 6.07 Å². The highest BCUT2D eigenvalue weighted by Gasteiger charge is 2.42. The van der Waals surface area contributed by atoms with Crippen LogP contribution in [0.4, 0.5) is 17.6 Å². The van der Waals surface area contributed by atoms with Gasteiger partial charge in [0.05, 0.1) is 16.7 Å². The van der Waals surface area contributed by atoms with Crippen LogP contribution in [0.3, 0.4) is 0 Å². The van der Waals surface area contributed by atoms with Gasteiger partial charge in [-0.05, 0) is 11.6 Å². The van der Waals surface area contributed by atoms with Gasteiger partial charge in [-0.25, -0.2) is 0 Å². The zero-order valence-electron chi connectivity index (χ0n) is 20.9. The van der Waals surface area contributed by atoms with Gasteiger partial charge in [0.15, 0.2) is 11.6 Å². The zero-order valence-corrected chi connectivity index (χ0v) is 20.9. The van der Waals surface area contributed by atoms with E-state index in [4.69, 9.17) is 0 Å². The largest absolute Gasteiger partial charge is 0.314 e. The van der Waals surface area contributed by atoms with E-state index in [1.807, 2.05) is 0 Å². The highest BCUT2D eigenvalue weighted by atomic mass is 19.2. The second-order valence-corrected chi connectivity index (χ2v) is 8.27. The third kappa shape index (κ3) is 3.95. The van der Waals surface area contributed by atoms with Crippen molar-refractivity contribution >= 4 is 33.4 Å². The summed E-state index contributed by atoms with van der Waals surface area (Å²) in [5.41, 5.74) is -6.42. The van der Waals surface area contributed by atoms with Gasteiger partial charge in [-0.15, -0.1) is 0 Å². The van der Waals surface area contributed by atoms with E-state index in [2.05, 4.69) is 29.9 Å². The van der Waals surface area contributed by atoms with E-state index in [0.29, 0.717) is 0 Å². The summed E-state index contributed by atoms with van der Waals surface area (Å²) >= 11 is 0. The van der Waals surface area contributed by atoms with Gasteiger partial charge in [-0.3, -0.25) is 0 Å². The first-order chi connectivity index (χ1) is 21.2. The van der Waals surface area contributed by atoms with Crippen LogP contribution >= 0.6 is 0 Å². The smallest absolute Gasteiger partial charge is 0.192 e.